The third-order valence-corrected chi connectivity index (χ3v) is 5.97. The maximum absolute atomic E-state index is 13.0. The first kappa shape index (κ1) is 20.0. The molecule has 0 bridgehead atoms. The normalized spacial score (nSPS) is 23.3. The van der Waals surface area contributed by atoms with Gasteiger partial charge < -0.3 is 9.84 Å². The molecule has 2 unspecified atom stereocenters. The van der Waals surface area contributed by atoms with Crippen LogP contribution in [-0.4, -0.2) is 28.9 Å². The number of nitrogens with zero attached hydrogens (tertiary/aromatic N) is 1. The number of phenols is 1. The first-order chi connectivity index (χ1) is 13.8. The largest absolute Gasteiger partial charge is 0.507 e. The molecule has 2 heterocycles. The summed E-state index contributed by atoms with van der Waals surface area (Å²) in [6.07, 6.45) is 2.95. The molecule has 152 valence electrons. The first-order valence-corrected chi connectivity index (χ1v) is 10.5. The maximum atomic E-state index is 13.0. The van der Waals surface area contributed by atoms with Crippen LogP contribution >= 0.6 is 11.6 Å². The number of aromatic hydroxyl groups is 1. The number of ketones is 1. The average molecular weight is 412 g/mol. The Morgan fingerprint density at radius 3 is 2.52 bits per heavy atom. The van der Waals surface area contributed by atoms with E-state index >= 15 is 0 Å². The molecule has 29 heavy (non-hydrogen) atoms. The highest BCUT2D eigenvalue weighted by Gasteiger charge is 2.34. The molecule has 2 aliphatic rings. The quantitative estimate of drug-likeness (QED) is 0.682. The third kappa shape index (κ3) is 4.05. The molecular weight excluding hydrogens is 386 g/mol. The summed E-state index contributed by atoms with van der Waals surface area (Å²) >= 11 is 5.95. The summed E-state index contributed by atoms with van der Waals surface area (Å²) < 4.78 is 6.03. The fourth-order valence-corrected chi connectivity index (χ4v) is 4.71. The van der Waals surface area contributed by atoms with Crippen molar-refractivity contribution in [2.24, 2.45) is 11.8 Å². The molecule has 1 fully saturated rings. The van der Waals surface area contributed by atoms with Crippen LogP contribution in [0.5, 0.6) is 11.5 Å². The van der Waals surface area contributed by atoms with Crippen molar-refractivity contribution >= 4 is 23.5 Å². The second kappa shape index (κ2) is 7.85. The number of allylic oxidation sites excluding steroid dienone is 1. The van der Waals surface area contributed by atoms with Gasteiger partial charge in [-0.1, -0.05) is 37.6 Å². The Morgan fingerprint density at radius 2 is 1.86 bits per heavy atom. The lowest BCUT2D eigenvalue weighted by molar-refractivity contribution is 0.101. The Bertz CT molecular complexity index is 971. The van der Waals surface area contributed by atoms with Gasteiger partial charge in [0.2, 0.25) is 5.78 Å². The van der Waals surface area contributed by atoms with E-state index in [1.54, 1.807) is 24.3 Å². The van der Waals surface area contributed by atoms with E-state index < -0.39 is 0 Å². The molecule has 4 nitrogen and oxygen atoms in total. The van der Waals surface area contributed by atoms with Gasteiger partial charge in [0.05, 0.1) is 11.1 Å². The van der Waals surface area contributed by atoms with Crippen molar-refractivity contribution in [3.8, 4) is 11.5 Å². The minimum absolute atomic E-state index is 0.144. The summed E-state index contributed by atoms with van der Waals surface area (Å²) in [6.45, 7) is 8.89. The van der Waals surface area contributed by atoms with Gasteiger partial charge in [0, 0.05) is 24.7 Å². The summed E-state index contributed by atoms with van der Waals surface area (Å²) in [5, 5.41) is 11.3. The van der Waals surface area contributed by atoms with Gasteiger partial charge in [0.25, 0.3) is 0 Å². The van der Waals surface area contributed by atoms with Crippen LogP contribution in [-0.2, 0) is 6.54 Å². The van der Waals surface area contributed by atoms with Crippen LogP contribution in [0.4, 0.5) is 0 Å². The van der Waals surface area contributed by atoms with Crippen molar-refractivity contribution in [1.82, 2.24) is 4.90 Å². The van der Waals surface area contributed by atoms with Gasteiger partial charge in [0.15, 0.2) is 5.76 Å². The third-order valence-electron chi connectivity index (χ3n) is 5.71. The van der Waals surface area contributed by atoms with Crippen molar-refractivity contribution in [2.75, 3.05) is 13.1 Å². The lowest BCUT2D eigenvalue weighted by Gasteiger charge is -2.35. The number of benzene rings is 2. The Labute approximate surface area is 176 Å². The number of ether oxygens (including phenoxy) is 1. The minimum atomic E-state index is -0.144. The molecule has 2 atom stereocenters. The number of phenolic OH excluding ortho intramolecular Hbond substituents is 1. The highest BCUT2D eigenvalue weighted by Crippen LogP contribution is 2.42. The van der Waals surface area contributed by atoms with Crippen LogP contribution in [0.1, 0.15) is 47.3 Å². The predicted octanol–water partition coefficient (Wildman–Crippen LogP) is 5.45. The summed E-state index contributed by atoms with van der Waals surface area (Å²) in [4.78, 5) is 15.4. The molecule has 0 saturated carbocycles. The molecule has 0 amide bonds. The van der Waals surface area contributed by atoms with Crippen LogP contribution in [0.3, 0.4) is 0 Å². The second-order valence-electron chi connectivity index (χ2n) is 8.53. The molecule has 2 aliphatic heterocycles. The van der Waals surface area contributed by atoms with Gasteiger partial charge in [-0.3, -0.25) is 9.69 Å². The number of hydrogen-bond acceptors (Lipinski definition) is 4. The van der Waals surface area contributed by atoms with Crippen LogP contribution in [0.25, 0.3) is 6.08 Å². The van der Waals surface area contributed by atoms with Crippen LogP contribution in [0.2, 0.25) is 5.02 Å². The summed E-state index contributed by atoms with van der Waals surface area (Å²) in [6, 6.07) is 8.92. The molecule has 1 saturated heterocycles. The molecular formula is C24H26ClNO3. The molecule has 2 aromatic carbocycles. The van der Waals surface area contributed by atoms with Crippen molar-refractivity contribution in [2.45, 2.75) is 33.7 Å². The first-order valence-electron chi connectivity index (χ1n) is 10.1. The van der Waals surface area contributed by atoms with E-state index in [-0.39, 0.29) is 17.3 Å². The summed E-state index contributed by atoms with van der Waals surface area (Å²) in [5.41, 5.74) is 2.81. The van der Waals surface area contributed by atoms with Gasteiger partial charge in [-0.2, -0.15) is 0 Å². The zero-order valence-corrected chi connectivity index (χ0v) is 17.8. The van der Waals surface area contributed by atoms with Gasteiger partial charge in [-0.05, 0) is 60.6 Å². The number of carbonyl (C=O) groups excluding carboxylic acids is 1. The van der Waals surface area contributed by atoms with Gasteiger partial charge in [-0.25, -0.2) is 0 Å². The Balaban J connectivity index is 1.68. The van der Waals surface area contributed by atoms with Crippen LogP contribution in [0, 0.1) is 18.8 Å². The number of Topliss-reactive ketones (excluding diaryl/α,β-unsaturated/α-hetero) is 1. The summed E-state index contributed by atoms with van der Waals surface area (Å²) in [5.74, 6) is 2.04. The highest BCUT2D eigenvalue weighted by atomic mass is 35.5. The van der Waals surface area contributed by atoms with Crippen molar-refractivity contribution in [3.05, 3.63) is 63.4 Å². The van der Waals surface area contributed by atoms with Crippen LogP contribution < -0.4 is 4.74 Å². The maximum Gasteiger partial charge on any atom is 0.232 e. The molecule has 0 spiro atoms. The van der Waals surface area contributed by atoms with Gasteiger partial charge >= 0.3 is 0 Å². The van der Waals surface area contributed by atoms with E-state index in [2.05, 4.69) is 18.7 Å². The minimum Gasteiger partial charge on any atom is -0.507 e. The number of piperidine rings is 1. The van der Waals surface area contributed by atoms with E-state index in [4.69, 9.17) is 16.3 Å². The number of hydrogen-bond donors (Lipinski definition) is 1. The van der Waals surface area contributed by atoms with E-state index in [0.29, 0.717) is 40.3 Å². The molecule has 5 heteroatoms. The monoisotopic (exact) mass is 411 g/mol. The van der Waals surface area contributed by atoms with E-state index in [1.165, 1.54) is 6.42 Å². The smallest absolute Gasteiger partial charge is 0.232 e. The highest BCUT2D eigenvalue weighted by molar-refractivity contribution is 6.30. The lowest BCUT2D eigenvalue weighted by Crippen LogP contribution is -2.38. The standard InChI is InChI=1S/C24H26ClNO3/c1-14-8-15(2)12-26(11-14)13-19-20(27)9-16(3)22-23(28)21(29-24(19)22)10-17-4-6-18(25)7-5-17/h4-7,9-10,14-15,27H,8,11-13H2,1-3H3/b21-10+. The molecule has 0 radical (unpaired) electrons. The lowest BCUT2D eigenvalue weighted by atomic mass is 9.91. The molecule has 0 aromatic heterocycles. The summed E-state index contributed by atoms with van der Waals surface area (Å²) in [7, 11) is 0. The van der Waals surface area contributed by atoms with E-state index in [9.17, 15) is 9.90 Å². The zero-order valence-electron chi connectivity index (χ0n) is 17.0. The van der Waals surface area contributed by atoms with Gasteiger partial charge in [0.1, 0.15) is 11.5 Å². The number of fused-ring (bicyclic) bond motifs is 1. The molecule has 0 aliphatic carbocycles. The van der Waals surface area contributed by atoms with Crippen molar-refractivity contribution in [1.29, 1.82) is 0 Å². The fourth-order valence-electron chi connectivity index (χ4n) is 4.59. The zero-order chi connectivity index (χ0) is 20.7. The number of aryl methyl sites for hydroxylation is 1. The Hall–Kier alpha value is -2.30. The predicted molar refractivity (Wildman–Crippen MR) is 115 cm³/mol. The number of rotatable bonds is 3. The molecule has 4 rings (SSSR count). The SMILES string of the molecule is Cc1cc(O)c(CN2CC(C)CC(C)C2)c2c1C(=O)/C(=C\c1ccc(Cl)cc1)O2. The Kier molecular flexibility index (Phi) is 5.41. The van der Waals surface area contributed by atoms with Crippen molar-refractivity contribution in [3.63, 3.8) is 0 Å². The topological polar surface area (TPSA) is 49.8 Å². The Morgan fingerprint density at radius 1 is 1.21 bits per heavy atom. The fraction of sp³-hybridized carbons (Fsp3) is 0.375. The number of carbonyl (C=O) groups is 1. The van der Waals surface area contributed by atoms with E-state index in [1.807, 2.05) is 19.1 Å². The second-order valence-corrected chi connectivity index (χ2v) is 8.96. The number of halogens is 1. The average Bonchev–Trinajstić information content (AvgIpc) is 2.96. The molecule has 1 N–H and O–H groups in total. The van der Waals surface area contributed by atoms with Gasteiger partial charge in [-0.15, -0.1) is 0 Å². The van der Waals surface area contributed by atoms with E-state index in [0.717, 1.165) is 24.2 Å². The number of likely N-dealkylation sites (tertiary alicyclic amines) is 1. The molecule has 2 aromatic rings. The van der Waals surface area contributed by atoms with Crippen molar-refractivity contribution < 1.29 is 14.6 Å². The van der Waals surface area contributed by atoms with Crippen LogP contribution in [0.15, 0.2) is 36.1 Å².